The Balaban J connectivity index is 1.90. The largest absolute Gasteiger partial charge is 0.476 e. The molecule has 0 saturated heterocycles. The van der Waals surface area contributed by atoms with Gasteiger partial charge in [-0.15, -0.1) is 5.10 Å². The van der Waals surface area contributed by atoms with Gasteiger partial charge in [0.25, 0.3) is 0 Å². The molecule has 0 unspecified atom stereocenters. The van der Waals surface area contributed by atoms with Crippen LogP contribution in [0.1, 0.15) is 21.9 Å². The van der Waals surface area contributed by atoms with Crippen LogP contribution in [0.3, 0.4) is 0 Å². The number of anilines is 1. The Kier molecular flexibility index (Phi) is 4.61. The van der Waals surface area contributed by atoms with Gasteiger partial charge >= 0.3 is 5.97 Å². The maximum atomic E-state index is 12.2. The summed E-state index contributed by atoms with van der Waals surface area (Å²) in [5.74, 6) is -0.926. The second kappa shape index (κ2) is 6.85. The zero-order valence-corrected chi connectivity index (χ0v) is 14.5. The first-order valence-electron chi connectivity index (χ1n) is 7.11. The smallest absolute Gasteiger partial charge is 0.358 e. The van der Waals surface area contributed by atoms with Crippen molar-refractivity contribution in [1.82, 2.24) is 20.2 Å². The van der Waals surface area contributed by atoms with Gasteiger partial charge in [0, 0.05) is 10.5 Å². The minimum Gasteiger partial charge on any atom is -0.476 e. The third kappa shape index (κ3) is 3.74. The van der Waals surface area contributed by atoms with Gasteiger partial charge in [-0.25, -0.2) is 9.48 Å². The summed E-state index contributed by atoms with van der Waals surface area (Å²) in [7, 11) is 0. The number of carbonyl (C=O) groups excluding carboxylic acids is 1. The maximum absolute atomic E-state index is 12.2. The zero-order valence-electron chi connectivity index (χ0n) is 12.9. The lowest BCUT2D eigenvalue weighted by molar-refractivity contribution is -0.115. The first-order valence-corrected chi connectivity index (χ1v) is 7.90. The Morgan fingerprint density at radius 3 is 2.64 bits per heavy atom. The highest BCUT2D eigenvalue weighted by Crippen LogP contribution is 2.18. The van der Waals surface area contributed by atoms with Gasteiger partial charge in [0.2, 0.25) is 5.91 Å². The SMILES string of the molecule is Cc1cc(NC(=O)Cc2c(C(=O)O)nnn2-c2ccc(Br)cc2)no1. The average Bonchev–Trinajstić information content (AvgIpc) is 3.14. The quantitative estimate of drug-likeness (QED) is 0.666. The predicted molar refractivity (Wildman–Crippen MR) is 89.6 cm³/mol. The molecule has 25 heavy (non-hydrogen) atoms. The first-order chi connectivity index (χ1) is 11.9. The molecule has 3 rings (SSSR count). The van der Waals surface area contributed by atoms with E-state index >= 15 is 0 Å². The van der Waals surface area contributed by atoms with E-state index in [1.54, 1.807) is 37.3 Å². The Labute approximate surface area is 149 Å². The van der Waals surface area contributed by atoms with Crippen molar-refractivity contribution in [3.63, 3.8) is 0 Å². The highest BCUT2D eigenvalue weighted by molar-refractivity contribution is 9.10. The van der Waals surface area contributed by atoms with E-state index in [9.17, 15) is 14.7 Å². The summed E-state index contributed by atoms with van der Waals surface area (Å²) in [6.45, 7) is 1.69. The Morgan fingerprint density at radius 1 is 1.32 bits per heavy atom. The lowest BCUT2D eigenvalue weighted by Gasteiger charge is -2.07. The summed E-state index contributed by atoms with van der Waals surface area (Å²) < 4.78 is 7.05. The zero-order chi connectivity index (χ0) is 18.0. The second-order valence-electron chi connectivity index (χ2n) is 5.13. The number of aryl methyl sites for hydroxylation is 1. The summed E-state index contributed by atoms with van der Waals surface area (Å²) in [6, 6.07) is 8.57. The number of amides is 1. The number of benzene rings is 1. The molecule has 128 valence electrons. The highest BCUT2D eigenvalue weighted by atomic mass is 79.9. The van der Waals surface area contributed by atoms with Crippen LogP contribution in [0, 0.1) is 6.92 Å². The Bertz CT molecular complexity index is 932. The fraction of sp³-hybridized carbons (Fsp3) is 0.133. The van der Waals surface area contributed by atoms with E-state index in [1.165, 1.54) is 4.68 Å². The van der Waals surface area contributed by atoms with E-state index in [0.29, 0.717) is 11.4 Å². The number of carboxylic acids is 1. The molecule has 2 N–H and O–H groups in total. The van der Waals surface area contributed by atoms with Crippen molar-refractivity contribution in [2.75, 3.05) is 5.32 Å². The highest BCUT2D eigenvalue weighted by Gasteiger charge is 2.22. The van der Waals surface area contributed by atoms with E-state index in [-0.39, 0.29) is 23.6 Å². The number of aromatic carboxylic acids is 1. The molecule has 3 aromatic rings. The van der Waals surface area contributed by atoms with Crippen LogP contribution >= 0.6 is 15.9 Å². The molecule has 0 radical (unpaired) electrons. The fourth-order valence-electron chi connectivity index (χ4n) is 2.18. The molecule has 0 saturated carbocycles. The van der Waals surface area contributed by atoms with Crippen molar-refractivity contribution in [2.24, 2.45) is 0 Å². The first kappa shape index (κ1) is 16.8. The fourth-order valence-corrected chi connectivity index (χ4v) is 2.44. The van der Waals surface area contributed by atoms with Crippen molar-refractivity contribution < 1.29 is 19.2 Å². The van der Waals surface area contributed by atoms with Gasteiger partial charge in [-0.05, 0) is 31.2 Å². The van der Waals surface area contributed by atoms with Gasteiger partial charge in [-0.1, -0.05) is 26.3 Å². The van der Waals surface area contributed by atoms with Crippen molar-refractivity contribution in [2.45, 2.75) is 13.3 Å². The van der Waals surface area contributed by atoms with Crippen LogP contribution in [-0.4, -0.2) is 37.1 Å². The number of carbonyl (C=O) groups is 2. The number of hydrogen-bond donors (Lipinski definition) is 2. The number of rotatable bonds is 5. The molecule has 9 nitrogen and oxygen atoms in total. The average molecular weight is 406 g/mol. The van der Waals surface area contributed by atoms with Gasteiger partial charge in [0.1, 0.15) is 5.76 Å². The molecule has 2 heterocycles. The molecule has 0 atom stereocenters. The third-order valence-electron chi connectivity index (χ3n) is 3.26. The van der Waals surface area contributed by atoms with Crippen LogP contribution in [0.2, 0.25) is 0 Å². The van der Waals surface area contributed by atoms with E-state index in [4.69, 9.17) is 4.52 Å². The molecular formula is C15H12BrN5O4. The number of nitrogens with zero attached hydrogens (tertiary/aromatic N) is 4. The standard InChI is InChI=1S/C15H12BrN5O4/c1-8-6-12(19-25-8)17-13(22)7-11-14(15(23)24)18-20-21(11)10-4-2-9(16)3-5-10/h2-6H,7H2,1H3,(H,23,24)(H,17,19,22). The van der Waals surface area contributed by atoms with Crippen LogP contribution in [-0.2, 0) is 11.2 Å². The van der Waals surface area contributed by atoms with Gasteiger partial charge in [-0.3, -0.25) is 4.79 Å². The number of nitrogens with one attached hydrogen (secondary N) is 1. The van der Waals surface area contributed by atoms with Gasteiger partial charge in [0.15, 0.2) is 11.5 Å². The lowest BCUT2D eigenvalue weighted by atomic mass is 10.2. The van der Waals surface area contributed by atoms with Gasteiger partial charge in [0.05, 0.1) is 17.8 Å². The molecule has 1 amide bonds. The molecule has 0 bridgehead atoms. The summed E-state index contributed by atoms with van der Waals surface area (Å²) in [6.07, 6.45) is -0.239. The van der Waals surface area contributed by atoms with E-state index in [2.05, 4.69) is 36.7 Å². The normalized spacial score (nSPS) is 10.6. The Morgan fingerprint density at radius 2 is 2.04 bits per heavy atom. The minimum absolute atomic E-state index is 0.160. The van der Waals surface area contributed by atoms with Crippen LogP contribution in [0.25, 0.3) is 5.69 Å². The summed E-state index contributed by atoms with van der Waals surface area (Å²) in [4.78, 5) is 23.6. The Hall–Kier alpha value is -3.01. The molecule has 0 spiro atoms. The molecule has 1 aromatic carbocycles. The van der Waals surface area contributed by atoms with Crippen LogP contribution in [0.5, 0.6) is 0 Å². The lowest BCUT2D eigenvalue weighted by Crippen LogP contribution is -2.19. The van der Waals surface area contributed by atoms with Crippen molar-refractivity contribution in [3.05, 3.63) is 52.0 Å². The van der Waals surface area contributed by atoms with Crippen LogP contribution in [0.4, 0.5) is 5.82 Å². The summed E-state index contributed by atoms with van der Waals surface area (Å²) in [5, 5.41) is 23.0. The van der Waals surface area contributed by atoms with Gasteiger partial charge < -0.3 is 14.9 Å². The molecule has 2 aromatic heterocycles. The topological polar surface area (TPSA) is 123 Å². The van der Waals surface area contributed by atoms with Crippen molar-refractivity contribution in [3.8, 4) is 5.69 Å². The number of aromatic nitrogens is 4. The van der Waals surface area contributed by atoms with Gasteiger partial charge in [-0.2, -0.15) is 0 Å². The molecule has 0 fully saturated rings. The predicted octanol–water partition coefficient (Wildman–Crippen LogP) is 2.21. The molecule has 0 aliphatic rings. The molecular weight excluding hydrogens is 394 g/mol. The number of carboxylic acid groups (broad SMARTS) is 1. The molecule has 0 aliphatic heterocycles. The summed E-state index contributed by atoms with van der Waals surface area (Å²) in [5.41, 5.74) is 0.463. The summed E-state index contributed by atoms with van der Waals surface area (Å²) >= 11 is 3.32. The van der Waals surface area contributed by atoms with Crippen molar-refractivity contribution >= 4 is 33.6 Å². The maximum Gasteiger partial charge on any atom is 0.358 e. The van der Waals surface area contributed by atoms with E-state index in [1.807, 2.05) is 0 Å². The number of hydrogen-bond acceptors (Lipinski definition) is 6. The van der Waals surface area contributed by atoms with Crippen LogP contribution in [0.15, 0.2) is 39.3 Å². The van der Waals surface area contributed by atoms with Crippen molar-refractivity contribution in [1.29, 1.82) is 0 Å². The minimum atomic E-state index is -1.26. The second-order valence-corrected chi connectivity index (χ2v) is 6.04. The molecule has 0 aliphatic carbocycles. The monoisotopic (exact) mass is 405 g/mol. The number of halogens is 1. The third-order valence-corrected chi connectivity index (χ3v) is 3.79. The molecule has 10 heteroatoms. The van der Waals surface area contributed by atoms with E-state index in [0.717, 1.165) is 4.47 Å². The van der Waals surface area contributed by atoms with Crippen LogP contribution < -0.4 is 5.32 Å². The van der Waals surface area contributed by atoms with E-state index < -0.39 is 11.9 Å².